The second-order valence-corrected chi connectivity index (χ2v) is 6.61. The molecule has 1 heterocycles. The topological polar surface area (TPSA) is 96.0 Å². The van der Waals surface area contributed by atoms with E-state index < -0.39 is 5.97 Å². The highest BCUT2D eigenvalue weighted by atomic mass is 16.5. The molecule has 0 unspecified atom stereocenters. The van der Waals surface area contributed by atoms with Gasteiger partial charge >= 0.3 is 5.97 Å². The number of esters is 1. The number of methoxy groups -OCH3 is 3. The van der Waals surface area contributed by atoms with Gasteiger partial charge in [0.15, 0.2) is 23.8 Å². The van der Waals surface area contributed by atoms with Crippen LogP contribution in [0.2, 0.25) is 0 Å². The molecule has 0 radical (unpaired) electrons. The lowest BCUT2D eigenvalue weighted by atomic mass is 10.1. The fraction of sp³-hybridized carbons (Fsp3) is 0.261. The maximum Gasteiger partial charge on any atom is 0.356 e. The molecule has 0 bridgehead atoms. The fourth-order valence-electron chi connectivity index (χ4n) is 3.06. The molecule has 162 valence electrons. The summed E-state index contributed by atoms with van der Waals surface area (Å²) in [6.07, 6.45) is 0.866. The van der Waals surface area contributed by atoms with E-state index >= 15 is 0 Å². The Kier molecular flexibility index (Phi) is 6.92. The highest BCUT2D eigenvalue weighted by molar-refractivity contribution is 5.96. The van der Waals surface area contributed by atoms with Crippen molar-refractivity contribution in [3.63, 3.8) is 0 Å². The summed E-state index contributed by atoms with van der Waals surface area (Å²) in [5.74, 6) is 0.252. The summed E-state index contributed by atoms with van der Waals surface area (Å²) in [5.41, 5.74) is 2.29. The van der Waals surface area contributed by atoms with Crippen LogP contribution in [0, 0.1) is 0 Å². The molecule has 1 amide bonds. The quantitative estimate of drug-likeness (QED) is 0.552. The molecule has 0 spiro atoms. The number of aryl methyl sites for hydroxylation is 1. The van der Waals surface area contributed by atoms with E-state index in [0.717, 1.165) is 12.0 Å². The monoisotopic (exact) mass is 424 g/mol. The molecule has 0 atom stereocenters. The number of rotatable bonds is 8. The molecule has 0 aliphatic carbocycles. The van der Waals surface area contributed by atoms with Gasteiger partial charge in [-0.15, -0.1) is 0 Å². The van der Waals surface area contributed by atoms with Crippen molar-refractivity contribution >= 4 is 28.5 Å². The normalized spacial score (nSPS) is 10.5. The number of anilines is 1. The van der Waals surface area contributed by atoms with E-state index in [1.807, 2.05) is 31.2 Å². The van der Waals surface area contributed by atoms with Crippen molar-refractivity contribution in [3.8, 4) is 17.2 Å². The number of benzene rings is 2. The summed E-state index contributed by atoms with van der Waals surface area (Å²) in [6, 6.07) is 12.3. The summed E-state index contributed by atoms with van der Waals surface area (Å²) >= 11 is 0. The minimum absolute atomic E-state index is 0.0493. The van der Waals surface area contributed by atoms with Crippen LogP contribution in [0.15, 0.2) is 42.5 Å². The largest absolute Gasteiger partial charge is 0.493 e. The van der Waals surface area contributed by atoms with E-state index in [0.29, 0.717) is 33.8 Å². The highest BCUT2D eigenvalue weighted by Gasteiger charge is 2.17. The minimum Gasteiger partial charge on any atom is -0.493 e. The van der Waals surface area contributed by atoms with Crippen LogP contribution in [0.1, 0.15) is 23.0 Å². The number of amides is 1. The van der Waals surface area contributed by atoms with Gasteiger partial charge in [0.2, 0.25) is 0 Å². The van der Waals surface area contributed by atoms with E-state index in [2.05, 4.69) is 10.3 Å². The lowest BCUT2D eigenvalue weighted by Gasteiger charge is -2.14. The molecule has 0 fully saturated rings. The molecule has 0 saturated heterocycles. The van der Waals surface area contributed by atoms with E-state index in [-0.39, 0.29) is 18.2 Å². The first-order valence-corrected chi connectivity index (χ1v) is 9.65. The molecule has 3 aromatic rings. The Morgan fingerprint density at radius 2 is 1.71 bits per heavy atom. The van der Waals surface area contributed by atoms with Crippen LogP contribution in [0.5, 0.6) is 17.2 Å². The number of pyridine rings is 1. The highest BCUT2D eigenvalue weighted by Crippen LogP contribution is 2.36. The van der Waals surface area contributed by atoms with E-state index in [9.17, 15) is 9.59 Å². The lowest BCUT2D eigenvalue weighted by Crippen LogP contribution is -2.20. The Hall–Kier alpha value is -3.81. The molecule has 1 N–H and O–H groups in total. The van der Waals surface area contributed by atoms with Crippen LogP contribution in [-0.2, 0) is 16.0 Å². The summed E-state index contributed by atoms with van der Waals surface area (Å²) in [4.78, 5) is 28.8. The van der Waals surface area contributed by atoms with Gasteiger partial charge in [-0.3, -0.25) is 4.79 Å². The Balaban J connectivity index is 1.89. The van der Waals surface area contributed by atoms with Gasteiger partial charge in [0.25, 0.3) is 5.91 Å². The summed E-state index contributed by atoms with van der Waals surface area (Å²) in [6.45, 7) is 1.78. The maximum atomic E-state index is 12.4. The standard InChI is InChI=1S/C23H24N2O6/c1-5-14-7-6-8-15(9-14)24-22(26)13-31-19-12-18(23(27)30-4)25-17-11-21(29-3)20(28-2)10-16(17)19/h6-12H,5,13H2,1-4H3,(H,24,26). The van der Waals surface area contributed by atoms with Crippen LogP contribution in [0.4, 0.5) is 5.69 Å². The molecule has 2 aromatic carbocycles. The third-order valence-electron chi connectivity index (χ3n) is 4.65. The van der Waals surface area contributed by atoms with Gasteiger partial charge in [-0.2, -0.15) is 0 Å². The predicted molar refractivity (Wildman–Crippen MR) is 116 cm³/mol. The van der Waals surface area contributed by atoms with Gasteiger partial charge < -0.3 is 24.3 Å². The van der Waals surface area contributed by atoms with E-state index in [1.54, 1.807) is 12.1 Å². The Morgan fingerprint density at radius 1 is 0.968 bits per heavy atom. The van der Waals surface area contributed by atoms with Gasteiger partial charge in [-0.1, -0.05) is 19.1 Å². The number of fused-ring (bicyclic) bond motifs is 1. The smallest absolute Gasteiger partial charge is 0.356 e. The molecule has 8 nitrogen and oxygen atoms in total. The van der Waals surface area contributed by atoms with Crippen molar-refractivity contribution in [1.29, 1.82) is 0 Å². The summed E-state index contributed by atoms with van der Waals surface area (Å²) < 4.78 is 21.2. The molecule has 31 heavy (non-hydrogen) atoms. The average Bonchev–Trinajstić information content (AvgIpc) is 2.80. The zero-order valence-corrected chi connectivity index (χ0v) is 17.9. The number of carbonyl (C=O) groups excluding carboxylic acids is 2. The molecular formula is C23H24N2O6. The van der Waals surface area contributed by atoms with Gasteiger partial charge in [0.1, 0.15) is 5.75 Å². The van der Waals surface area contributed by atoms with Crippen LogP contribution in [-0.4, -0.2) is 44.8 Å². The average molecular weight is 424 g/mol. The third kappa shape index (κ3) is 5.03. The summed E-state index contributed by atoms with van der Waals surface area (Å²) in [5, 5.41) is 3.37. The van der Waals surface area contributed by atoms with Crippen molar-refractivity contribution in [3.05, 3.63) is 53.7 Å². The Labute approximate surface area is 180 Å². The number of ether oxygens (including phenoxy) is 4. The first kappa shape index (κ1) is 21.9. The summed E-state index contributed by atoms with van der Waals surface area (Å²) in [7, 11) is 4.28. The van der Waals surface area contributed by atoms with Crippen molar-refractivity contribution in [2.45, 2.75) is 13.3 Å². The number of nitrogens with zero attached hydrogens (tertiary/aromatic N) is 1. The van der Waals surface area contributed by atoms with Gasteiger partial charge in [-0.25, -0.2) is 9.78 Å². The van der Waals surface area contributed by atoms with Crippen LogP contribution >= 0.6 is 0 Å². The first-order valence-electron chi connectivity index (χ1n) is 9.65. The van der Waals surface area contributed by atoms with Gasteiger partial charge in [0, 0.05) is 23.2 Å². The van der Waals surface area contributed by atoms with Gasteiger partial charge in [-0.05, 0) is 30.2 Å². The second kappa shape index (κ2) is 9.80. The predicted octanol–water partition coefficient (Wildman–Crippen LogP) is 3.62. The molecule has 0 aliphatic rings. The fourth-order valence-corrected chi connectivity index (χ4v) is 3.06. The van der Waals surface area contributed by atoms with Crippen LogP contribution < -0.4 is 19.5 Å². The zero-order chi connectivity index (χ0) is 22.4. The Bertz CT molecular complexity index is 1110. The van der Waals surface area contributed by atoms with Crippen molar-refractivity contribution in [2.75, 3.05) is 33.3 Å². The maximum absolute atomic E-state index is 12.4. The zero-order valence-electron chi connectivity index (χ0n) is 17.9. The lowest BCUT2D eigenvalue weighted by molar-refractivity contribution is -0.118. The van der Waals surface area contributed by atoms with E-state index in [4.69, 9.17) is 18.9 Å². The van der Waals surface area contributed by atoms with Gasteiger partial charge in [0.05, 0.1) is 26.8 Å². The number of hydrogen-bond donors (Lipinski definition) is 1. The van der Waals surface area contributed by atoms with Crippen LogP contribution in [0.3, 0.4) is 0 Å². The van der Waals surface area contributed by atoms with Crippen molar-refractivity contribution in [2.24, 2.45) is 0 Å². The molecule has 0 aliphatic heterocycles. The van der Waals surface area contributed by atoms with Crippen LogP contribution in [0.25, 0.3) is 10.9 Å². The molecule has 3 rings (SSSR count). The first-order chi connectivity index (χ1) is 15.0. The molecular weight excluding hydrogens is 400 g/mol. The minimum atomic E-state index is -0.623. The number of carbonyl (C=O) groups is 2. The number of aromatic nitrogens is 1. The molecule has 0 saturated carbocycles. The molecule has 1 aromatic heterocycles. The number of nitrogens with one attached hydrogen (secondary N) is 1. The second-order valence-electron chi connectivity index (χ2n) is 6.61. The van der Waals surface area contributed by atoms with Crippen molar-refractivity contribution in [1.82, 2.24) is 4.98 Å². The van der Waals surface area contributed by atoms with E-state index in [1.165, 1.54) is 27.4 Å². The van der Waals surface area contributed by atoms with Crippen molar-refractivity contribution < 1.29 is 28.5 Å². The number of hydrogen-bond acceptors (Lipinski definition) is 7. The SMILES string of the molecule is CCc1cccc(NC(=O)COc2cc(C(=O)OC)nc3cc(OC)c(OC)cc23)c1. The molecule has 8 heteroatoms. The Morgan fingerprint density at radius 3 is 2.39 bits per heavy atom. The third-order valence-corrected chi connectivity index (χ3v) is 4.65.